The first-order chi connectivity index (χ1) is 10.6. The molecule has 6 heteroatoms. The number of halogens is 1. The van der Waals surface area contributed by atoms with Gasteiger partial charge >= 0.3 is 0 Å². The highest BCUT2D eigenvalue weighted by atomic mass is 79.9. The molecular weight excluding hydrogens is 348 g/mol. The standard InChI is InChI=1S/C16H15BrN2O3/c1-2-22-14-9-11(8-13(17)15(14)20)10-18-19-16(21)12-6-4-3-5-7-12/h3-10,20H,2H2,1H3,(H,19,21). The van der Waals surface area contributed by atoms with Gasteiger partial charge in [-0.25, -0.2) is 5.43 Å². The van der Waals surface area contributed by atoms with Gasteiger partial charge in [0.05, 0.1) is 17.3 Å². The Morgan fingerprint density at radius 3 is 2.77 bits per heavy atom. The summed E-state index contributed by atoms with van der Waals surface area (Å²) in [7, 11) is 0. The van der Waals surface area contributed by atoms with Crippen LogP contribution in [0.5, 0.6) is 11.5 Å². The fourth-order valence-corrected chi connectivity index (χ4v) is 2.21. The number of hydrogen-bond acceptors (Lipinski definition) is 4. The summed E-state index contributed by atoms with van der Waals surface area (Å²) in [5.74, 6) is 0.0970. The average molecular weight is 363 g/mol. The van der Waals surface area contributed by atoms with Crippen molar-refractivity contribution in [1.82, 2.24) is 5.43 Å². The summed E-state index contributed by atoms with van der Waals surface area (Å²) >= 11 is 3.25. The van der Waals surface area contributed by atoms with E-state index in [1.807, 2.05) is 13.0 Å². The van der Waals surface area contributed by atoms with Crippen LogP contribution in [0.3, 0.4) is 0 Å². The molecule has 0 fully saturated rings. The Morgan fingerprint density at radius 2 is 2.09 bits per heavy atom. The van der Waals surface area contributed by atoms with Crippen molar-refractivity contribution in [3.8, 4) is 11.5 Å². The molecule has 2 rings (SSSR count). The maximum atomic E-state index is 11.8. The van der Waals surface area contributed by atoms with Crippen molar-refractivity contribution in [2.75, 3.05) is 6.61 Å². The molecule has 0 aliphatic rings. The highest BCUT2D eigenvalue weighted by molar-refractivity contribution is 9.10. The van der Waals surface area contributed by atoms with Crippen molar-refractivity contribution in [3.63, 3.8) is 0 Å². The summed E-state index contributed by atoms with van der Waals surface area (Å²) < 4.78 is 5.82. The van der Waals surface area contributed by atoms with Crippen LogP contribution >= 0.6 is 15.9 Å². The molecule has 0 unspecified atom stereocenters. The molecule has 114 valence electrons. The summed E-state index contributed by atoms with van der Waals surface area (Å²) in [6.07, 6.45) is 1.48. The number of nitrogens with one attached hydrogen (secondary N) is 1. The molecule has 0 saturated carbocycles. The highest BCUT2D eigenvalue weighted by Gasteiger charge is 2.08. The third kappa shape index (κ3) is 4.08. The molecule has 0 aliphatic heterocycles. The molecule has 0 atom stereocenters. The van der Waals surface area contributed by atoms with Gasteiger partial charge in [0.2, 0.25) is 0 Å². The lowest BCUT2D eigenvalue weighted by atomic mass is 10.2. The number of benzene rings is 2. The van der Waals surface area contributed by atoms with Crippen LogP contribution in [-0.2, 0) is 0 Å². The molecule has 5 nitrogen and oxygen atoms in total. The van der Waals surface area contributed by atoms with Crippen LogP contribution < -0.4 is 10.2 Å². The fourth-order valence-electron chi connectivity index (χ4n) is 1.75. The Hall–Kier alpha value is -2.34. The minimum Gasteiger partial charge on any atom is -0.503 e. The Labute approximate surface area is 136 Å². The number of hydrazone groups is 1. The Balaban J connectivity index is 2.09. The number of ether oxygens (including phenoxy) is 1. The number of carbonyl (C=O) groups excluding carboxylic acids is 1. The Morgan fingerprint density at radius 1 is 1.36 bits per heavy atom. The van der Waals surface area contributed by atoms with Crippen LogP contribution in [0.4, 0.5) is 0 Å². The predicted molar refractivity (Wildman–Crippen MR) is 88.5 cm³/mol. The quantitative estimate of drug-likeness (QED) is 0.633. The van der Waals surface area contributed by atoms with E-state index in [-0.39, 0.29) is 11.7 Å². The normalized spacial score (nSPS) is 10.6. The van der Waals surface area contributed by atoms with E-state index in [9.17, 15) is 9.90 Å². The molecule has 0 aliphatic carbocycles. The monoisotopic (exact) mass is 362 g/mol. The summed E-state index contributed by atoms with van der Waals surface area (Å²) in [5, 5.41) is 13.7. The second-order valence-corrected chi connectivity index (χ2v) is 5.20. The van der Waals surface area contributed by atoms with Crippen molar-refractivity contribution in [2.45, 2.75) is 6.92 Å². The van der Waals surface area contributed by atoms with Crippen LogP contribution in [0.25, 0.3) is 0 Å². The van der Waals surface area contributed by atoms with E-state index in [2.05, 4.69) is 26.5 Å². The van der Waals surface area contributed by atoms with Gasteiger partial charge in [0.25, 0.3) is 5.91 Å². The molecular formula is C16H15BrN2O3. The number of hydrogen-bond donors (Lipinski definition) is 2. The SMILES string of the molecule is CCOc1cc(C=NNC(=O)c2ccccc2)cc(Br)c1O. The van der Waals surface area contributed by atoms with Crippen LogP contribution in [0, 0.1) is 0 Å². The number of aromatic hydroxyl groups is 1. The van der Waals surface area contributed by atoms with E-state index in [1.54, 1.807) is 36.4 Å². The van der Waals surface area contributed by atoms with Gasteiger partial charge in [-0.2, -0.15) is 5.10 Å². The highest BCUT2D eigenvalue weighted by Crippen LogP contribution is 2.34. The zero-order chi connectivity index (χ0) is 15.9. The lowest BCUT2D eigenvalue weighted by molar-refractivity contribution is 0.0955. The van der Waals surface area contributed by atoms with Crippen molar-refractivity contribution in [2.24, 2.45) is 5.10 Å². The topological polar surface area (TPSA) is 70.9 Å². The van der Waals surface area contributed by atoms with Crippen LogP contribution in [0.15, 0.2) is 52.0 Å². The van der Waals surface area contributed by atoms with Crippen molar-refractivity contribution >= 4 is 28.1 Å². The van der Waals surface area contributed by atoms with Gasteiger partial charge < -0.3 is 9.84 Å². The van der Waals surface area contributed by atoms with E-state index in [4.69, 9.17) is 4.74 Å². The van der Waals surface area contributed by atoms with Gasteiger partial charge in [-0.05, 0) is 52.7 Å². The van der Waals surface area contributed by atoms with E-state index < -0.39 is 0 Å². The summed E-state index contributed by atoms with van der Waals surface area (Å²) in [4.78, 5) is 11.8. The number of amides is 1. The third-order valence-corrected chi connectivity index (χ3v) is 3.37. The van der Waals surface area contributed by atoms with Crippen molar-refractivity contribution in [1.29, 1.82) is 0 Å². The van der Waals surface area contributed by atoms with Crippen molar-refractivity contribution in [3.05, 3.63) is 58.1 Å². The van der Waals surface area contributed by atoms with Gasteiger partial charge in [0.15, 0.2) is 11.5 Å². The molecule has 0 aromatic heterocycles. The smallest absolute Gasteiger partial charge is 0.271 e. The first-order valence-corrected chi connectivity index (χ1v) is 7.45. The number of phenolic OH excluding ortho intramolecular Hbond substituents is 1. The second kappa shape index (κ2) is 7.61. The summed E-state index contributed by atoms with van der Waals surface area (Å²) in [6.45, 7) is 2.26. The zero-order valence-corrected chi connectivity index (χ0v) is 13.5. The number of phenols is 1. The molecule has 2 aromatic carbocycles. The zero-order valence-electron chi connectivity index (χ0n) is 11.9. The Kier molecular flexibility index (Phi) is 5.55. The molecule has 0 heterocycles. The van der Waals surface area contributed by atoms with Gasteiger partial charge in [0, 0.05) is 5.56 Å². The molecule has 2 N–H and O–H groups in total. The summed E-state index contributed by atoms with van der Waals surface area (Å²) in [6, 6.07) is 12.1. The second-order valence-electron chi connectivity index (χ2n) is 4.35. The molecule has 0 radical (unpaired) electrons. The minimum absolute atomic E-state index is 0.0346. The van der Waals surface area contributed by atoms with Crippen LogP contribution in [0.2, 0.25) is 0 Å². The van der Waals surface area contributed by atoms with Crippen LogP contribution in [0.1, 0.15) is 22.8 Å². The van der Waals surface area contributed by atoms with Gasteiger partial charge in [-0.15, -0.1) is 0 Å². The Bertz CT molecular complexity index is 687. The van der Waals surface area contributed by atoms with E-state index in [0.717, 1.165) is 0 Å². The largest absolute Gasteiger partial charge is 0.503 e. The molecule has 22 heavy (non-hydrogen) atoms. The van der Waals surface area contributed by atoms with Gasteiger partial charge in [-0.1, -0.05) is 18.2 Å². The maximum absolute atomic E-state index is 11.8. The predicted octanol–water partition coefficient (Wildman–Crippen LogP) is 3.32. The van der Waals surface area contributed by atoms with E-state index in [1.165, 1.54) is 6.21 Å². The lowest BCUT2D eigenvalue weighted by Gasteiger charge is -2.08. The van der Waals surface area contributed by atoms with E-state index in [0.29, 0.717) is 28.0 Å². The maximum Gasteiger partial charge on any atom is 0.271 e. The van der Waals surface area contributed by atoms with E-state index >= 15 is 0 Å². The third-order valence-electron chi connectivity index (χ3n) is 2.77. The average Bonchev–Trinajstić information content (AvgIpc) is 2.53. The minimum atomic E-state index is -0.292. The first kappa shape index (κ1) is 16.0. The molecule has 0 saturated heterocycles. The van der Waals surface area contributed by atoms with Crippen LogP contribution in [-0.4, -0.2) is 23.8 Å². The number of rotatable bonds is 5. The van der Waals surface area contributed by atoms with Gasteiger partial charge in [0.1, 0.15) is 0 Å². The lowest BCUT2D eigenvalue weighted by Crippen LogP contribution is -2.17. The molecule has 0 bridgehead atoms. The summed E-state index contributed by atoms with van der Waals surface area (Å²) in [5.41, 5.74) is 3.66. The number of carbonyl (C=O) groups is 1. The fraction of sp³-hybridized carbons (Fsp3) is 0.125. The molecule has 2 aromatic rings. The number of nitrogens with zero attached hydrogens (tertiary/aromatic N) is 1. The van der Waals surface area contributed by atoms with Crippen molar-refractivity contribution < 1.29 is 14.6 Å². The molecule has 1 amide bonds. The molecule has 0 spiro atoms. The van der Waals surface area contributed by atoms with Gasteiger partial charge in [-0.3, -0.25) is 4.79 Å². The first-order valence-electron chi connectivity index (χ1n) is 6.65.